The molecular weight excluding hydrogens is 456 g/mol. The monoisotopic (exact) mass is 486 g/mol. The van der Waals surface area contributed by atoms with E-state index in [0.717, 1.165) is 6.04 Å². The summed E-state index contributed by atoms with van der Waals surface area (Å²) in [5, 5.41) is 13.9. The highest BCUT2D eigenvalue weighted by Crippen LogP contribution is 2.20. The van der Waals surface area contributed by atoms with Gasteiger partial charge in [0.25, 0.3) is 5.91 Å². The Bertz CT molecular complexity index is 1210. The first kappa shape index (κ1) is 24.0. The Morgan fingerprint density at radius 3 is 2.79 bits per heavy atom. The maximum Gasteiger partial charge on any atom is 0.348 e. The van der Waals surface area contributed by atoms with Crippen LogP contribution in [0, 0.1) is 0 Å². The van der Waals surface area contributed by atoms with E-state index >= 15 is 0 Å². The minimum absolute atomic E-state index is 0.0434. The first-order valence-corrected chi connectivity index (χ1v) is 14.9. The Hall–Kier alpha value is -3.09. The highest BCUT2D eigenvalue weighted by atomic mass is 28.3. The molecule has 0 aliphatic carbocycles. The highest BCUT2D eigenvalue weighted by Gasteiger charge is 2.38. The van der Waals surface area contributed by atoms with Gasteiger partial charge < -0.3 is 19.2 Å². The second-order valence-corrected chi connectivity index (χ2v) is 15.4. The fourth-order valence-corrected chi connectivity index (χ4v) is 4.20. The molecule has 0 radical (unpaired) electrons. The van der Waals surface area contributed by atoms with Gasteiger partial charge in [0.15, 0.2) is 5.69 Å². The lowest BCUT2D eigenvalue weighted by Gasteiger charge is -2.42. The van der Waals surface area contributed by atoms with Gasteiger partial charge >= 0.3 is 5.69 Å². The topological polar surface area (TPSA) is 129 Å². The van der Waals surface area contributed by atoms with Gasteiger partial charge in [0.2, 0.25) is 5.89 Å². The van der Waals surface area contributed by atoms with Crippen molar-refractivity contribution in [2.75, 3.05) is 13.2 Å². The van der Waals surface area contributed by atoms with Crippen molar-refractivity contribution in [3.8, 4) is 11.3 Å². The number of carbonyl (C=O) groups excluding carboxylic acids is 1. The Kier molecular flexibility index (Phi) is 6.82. The third kappa shape index (κ3) is 5.51. The summed E-state index contributed by atoms with van der Waals surface area (Å²) in [6.07, 6.45) is 5.79. The molecule has 1 aliphatic rings. The van der Waals surface area contributed by atoms with Crippen molar-refractivity contribution in [2.45, 2.75) is 58.0 Å². The molecule has 12 heteroatoms. The summed E-state index contributed by atoms with van der Waals surface area (Å²) in [5.74, 6) is -0.0906. The van der Waals surface area contributed by atoms with E-state index < -0.39 is 19.9 Å². The van der Waals surface area contributed by atoms with Gasteiger partial charge in [-0.3, -0.25) is 9.36 Å². The minimum Gasteiger partial charge on any atom is -0.446 e. The zero-order valence-electron chi connectivity index (χ0n) is 19.8. The first-order valence-electron chi connectivity index (χ1n) is 11.2. The molecule has 34 heavy (non-hydrogen) atoms. The zero-order chi connectivity index (χ0) is 24.5. The summed E-state index contributed by atoms with van der Waals surface area (Å²) in [7, 11) is -1.14. The summed E-state index contributed by atoms with van der Waals surface area (Å²) < 4.78 is 14.1. The van der Waals surface area contributed by atoms with E-state index in [-0.39, 0.29) is 36.6 Å². The molecule has 3 aromatic rings. The number of aliphatic hydroxyl groups excluding tert-OH is 1. The van der Waals surface area contributed by atoms with Crippen molar-refractivity contribution in [2.24, 2.45) is 0 Å². The van der Waals surface area contributed by atoms with Crippen LogP contribution in [0.25, 0.3) is 11.3 Å². The average molecular weight is 487 g/mol. The number of hydrogen-bond acceptors (Lipinski definition) is 8. The molecule has 0 saturated carbocycles. The van der Waals surface area contributed by atoms with Crippen LogP contribution in [0.1, 0.15) is 23.3 Å². The molecule has 1 saturated heterocycles. The molecule has 3 aromatic heterocycles. The molecule has 1 N–H and O–H groups in total. The van der Waals surface area contributed by atoms with Gasteiger partial charge in [-0.05, 0) is 19.0 Å². The number of oxazole rings is 1. The lowest BCUT2D eigenvalue weighted by molar-refractivity contribution is -0.0360. The molecule has 1 fully saturated rings. The van der Waals surface area contributed by atoms with Gasteiger partial charge in [0.1, 0.15) is 19.5 Å². The third-order valence-corrected chi connectivity index (χ3v) is 7.50. The smallest absolute Gasteiger partial charge is 0.348 e. The molecule has 4 rings (SSSR count). The molecule has 0 bridgehead atoms. The van der Waals surface area contributed by atoms with Crippen molar-refractivity contribution < 1.29 is 19.1 Å². The molecule has 182 valence electrons. The predicted molar refractivity (Wildman–Crippen MR) is 126 cm³/mol. The molecule has 11 nitrogen and oxygen atoms in total. The summed E-state index contributed by atoms with van der Waals surface area (Å²) in [4.78, 5) is 34.8. The van der Waals surface area contributed by atoms with E-state index in [1.54, 1.807) is 36.3 Å². The summed E-state index contributed by atoms with van der Waals surface area (Å²) in [6.45, 7) is 10.0. The zero-order valence-corrected chi connectivity index (χ0v) is 20.8. The number of β-amino-alcohol motifs (C(OH)–C–C–N with tert-alkyl or cyclic N) is 1. The van der Waals surface area contributed by atoms with Crippen molar-refractivity contribution in [3.63, 3.8) is 0 Å². The van der Waals surface area contributed by atoms with Crippen LogP contribution in [0.5, 0.6) is 0 Å². The largest absolute Gasteiger partial charge is 0.446 e. The molecule has 1 aliphatic heterocycles. The molecular formula is C22H30N6O5Si. The maximum absolute atomic E-state index is 12.5. The molecule has 4 heterocycles. The van der Waals surface area contributed by atoms with Crippen LogP contribution in [0.2, 0.25) is 25.7 Å². The van der Waals surface area contributed by atoms with Gasteiger partial charge in [-0.25, -0.2) is 14.5 Å². The lowest BCUT2D eigenvalue weighted by Crippen LogP contribution is -2.60. The second-order valence-electron chi connectivity index (χ2n) is 9.73. The summed E-state index contributed by atoms with van der Waals surface area (Å²) in [6, 6.07) is 2.54. The lowest BCUT2D eigenvalue weighted by atomic mass is 10.0. The van der Waals surface area contributed by atoms with Gasteiger partial charge in [-0.1, -0.05) is 19.6 Å². The van der Waals surface area contributed by atoms with E-state index in [9.17, 15) is 14.7 Å². The summed E-state index contributed by atoms with van der Waals surface area (Å²) in [5.41, 5.74) is 0.893. The molecule has 0 unspecified atom stereocenters. The highest BCUT2D eigenvalue weighted by molar-refractivity contribution is 6.76. The molecule has 0 aromatic carbocycles. The maximum atomic E-state index is 12.5. The Labute approximate surface area is 198 Å². The predicted octanol–water partition coefficient (Wildman–Crippen LogP) is 1.66. The van der Waals surface area contributed by atoms with Crippen LogP contribution in [0.3, 0.4) is 0 Å². The van der Waals surface area contributed by atoms with Crippen LogP contribution in [0.4, 0.5) is 0 Å². The minimum atomic E-state index is -1.14. The Morgan fingerprint density at radius 1 is 1.32 bits per heavy atom. The van der Waals surface area contributed by atoms with Gasteiger partial charge in [0, 0.05) is 39.2 Å². The number of amides is 1. The van der Waals surface area contributed by atoms with Crippen LogP contribution < -0.4 is 5.69 Å². The van der Waals surface area contributed by atoms with E-state index in [2.05, 4.69) is 34.7 Å². The fraction of sp³-hybridized carbons (Fsp3) is 0.500. The molecule has 1 amide bonds. The van der Waals surface area contributed by atoms with Gasteiger partial charge in [0.05, 0.1) is 24.0 Å². The fourth-order valence-electron chi connectivity index (χ4n) is 3.45. The quantitative estimate of drug-likeness (QED) is 0.357. The first-order chi connectivity index (χ1) is 16.1. The summed E-state index contributed by atoms with van der Waals surface area (Å²) >= 11 is 0. The van der Waals surface area contributed by atoms with Gasteiger partial charge in [-0.2, -0.15) is 10.1 Å². The van der Waals surface area contributed by atoms with Crippen molar-refractivity contribution in [3.05, 3.63) is 53.0 Å². The number of carbonyl (C=O) groups is 1. The van der Waals surface area contributed by atoms with Crippen molar-refractivity contribution in [1.29, 1.82) is 0 Å². The Balaban J connectivity index is 1.36. The number of aromatic nitrogens is 5. The van der Waals surface area contributed by atoms with E-state index in [4.69, 9.17) is 9.15 Å². The van der Waals surface area contributed by atoms with Crippen molar-refractivity contribution in [1.82, 2.24) is 29.2 Å². The molecule has 0 spiro atoms. The SMILES string of the molecule is C[C@H]1[C@@H](O)CN1C(=O)c1coc(Cn2ccc(-c3cnn(COCC[Si](C)(C)C)c3)nc2=O)n1. The number of aliphatic hydroxyl groups is 1. The number of rotatable bonds is 9. The normalized spacial score (nSPS) is 18.2. The Morgan fingerprint density at radius 2 is 2.12 bits per heavy atom. The number of hydrogen-bond donors (Lipinski definition) is 1. The van der Waals surface area contributed by atoms with Gasteiger partial charge in [-0.15, -0.1) is 0 Å². The van der Waals surface area contributed by atoms with E-state index in [0.29, 0.717) is 24.6 Å². The average Bonchev–Trinajstić information content (AvgIpc) is 3.45. The van der Waals surface area contributed by atoms with Crippen LogP contribution in [0.15, 0.2) is 40.1 Å². The number of ether oxygens (including phenoxy) is 1. The van der Waals surface area contributed by atoms with Crippen LogP contribution in [-0.2, 0) is 18.0 Å². The van der Waals surface area contributed by atoms with Crippen LogP contribution >= 0.6 is 0 Å². The third-order valence-electron chi connectivity index (χ3n) is 5.79. The van der Waals surface area contributed by atoms with E-state index in [1.165, 1.54) is 15.7 Å². The number of likely N-dealkylation sites (tertiary alicyclic amines) is 1. The number of nitrogens with zero attached hydrogens (tertiary/aromatic N) is 6. The van der Waals surface area contributed by atoms with Crippen molar-refractivity contribution >= 4 is 14.0 Å². The second kappa shape index (κ2) is 9.64. The van der Waals surface area contributed by atoms with E-state index in [1.807, 2.05) is 0 Å². The standard InChI is InChI=1S/C22H30N6O5Si/c1-15-19(29)11-28(15)21(30)18-13-33-20(24-18)12-26-6-5-17(25-22(26)31)16-9-23-27(10-16)14-32-7-8-34(2,3)4/h5-6,9-10,13,15,19,29H,7-8,11-12,14H2,1-4H3/t15-,19-/m0/s1. The molecule has 2 atom stereocenters. The van der Waals surface area contributed by atoms with Crippen LogP contribution in [-0.4, -0.2) is 73.6 Å².